The van der Waals surface area contributed by atoms with E-state index < -0.39 is 10.0 Å². The van der Waals surface area contributed by atoms with Crippen molar-refractivity contribution >= 4 is 21.6 Å². The van der Waals surface area contributed by atoms with E-state index in [0.717, 1.165) is 28.4 Å². The van der Waals surface area contributed by atoms with Gasteiger partial charge >= 0.3 is 0 Å². The van der Waals surface area contributed by atoms with E-state index in [1.165, 1.54) is 33.3 Å². The molecule has 180 valence electrons. The summed E-state index contributed by atoms with van der Waals surface area (Å²) in [6.07, 6.45) is 1.84. The fourth-order valence-electron chi connectivity index (χ4n) is 3.76. The number of anilines is 1. The van der Waals surface area contributed by atoms with Gasteiger partial charge in [0, 0.05) is 59.1 Å². The van der Waals surface area contributed by atoms with E-state index in [1.54, 1.807) is 11.0 Å². The molecule has 2 aromatic carbocycles. The van der Waals surface area contributed by atoms with Crippen LogP contribution >= 0.6 is 0 Å². The van der Waals surface area contributed by atoms with Crippen LogP contribution in [0.4, 0.5) is 5.69 Å². The van der Waals surface area contributed by atoms with Crippen LogP contribution in [0, 0.1) is 0 Å². The molecule has 2 aromatic rings. The highest BCUT2D eigenvalue weighted by Crippen LogP contribution is 2.28. The van der Waals surface area contributed by atoms with Crippen LogP contribution in [0.1, 0.15) is 28.8 Å². The molecule has 33 heavy (non-hydrogen) atoms. The largest absolute Gasteiger partial charge is 0.495 e. The van der Waals surface area contributed by atoms with Crippen LogP contribution in [0.15, 0.2) is 47.4 Å². The number of sulfonamides is 1. The van der Waals surface area contributed by atoms with Gasteiger partial charge < -0.3 is 19.3 Å². The molecule has 3 rings (SSSR count). The Bertz CT molecular complexity index is 1060. The first-order valence-electron chi connectivity index (χ1n) is 10.9. The van der Waals surface area contributed by atoms with Crippen molar-refractivity contribution < 1.29 is 22.7 Å². The van der Waals surface area contributed by atoms with Crippen LogP contribution in [0.5, 0.6) is 5.75 Å². The SMILES string of the molecule is COc1ccc(C(=O)N(Cc2ccc(N(C)C)cc2)C[C@@H]2CCCO2)cc1S(=O)(=O)N(C)C. The second kappa shape index (κ2) is 10.5. The fourth-order valence-corrected chi connectivity index (χ4v) is 4.84. The Kier molecular flexibility index (Phi) is 7.99. The third kappa shape index (κ3) is 5.85. The summed E-state index contributed by atoms with van der Waals surface area (Å²) in [5.74, 6) is -0.0507. The van der Waals surface area contributed by atoms with Gasteiger partial charge in [-0.05, 0) is 48.7 Å². The van der Waals surface area contributed by atoms with Crippen LogP contribution in [0.2, 0.25) is 0 Å². The molecule has 1 fully saturated rings. The Morgan fingerprint density at radius 1 is 1.09 bits per heavy atom. The van der Waals surface area contributed by atoms with E-state index in [-0.39, 0.29) is 22.7 Å². The number of rotatable bonds is 9. The first-order valence-corrected chi connectivity index (χ1v) is 12.3. The maximum atomic E-state index is 13.6. The Balaban J connectivity index is 1.93. The van der Waals surface area contributed by atoms with Crippen molar-refractivity contribution in [3.63, 3.8) is 0 Å². The third-order valence-corrected chi connectivity index (χ3v) is 7.57. The summed E-state index contributed by atoms with van der Waals surface area (Å²) in [6, 6.07) is 12.6. The average Bonchev–Trinajstić information content (AvgIpc) is 3.31. The molecule has 1 amide bonds. The molecule has 1 aliphatic heterocycles. The summed E-state index contributed by atoms with van der Waals surface area (Å²) < 4.78 is 37.8. The molecule has 0 N–H and O–H groups in total. The first kappa shape index (κ1) is 25.0. The lowest BCUT2D eigenvalue weighted by molar-refractivity contribution is 0.0507. The van der Waals surface area contributed by atoms with Crippen molar-refractivity contribution in [1.82, 2.24) is 9.21 Å². The van der Waals surface area contributed by atoms with Crippen molar-refractivity contribution in [2.24, 2.45) is 0 Å². The third-order valence-electron chi connectivity index (χ3n) is 5.73. The maximum absolute atomic E-state index is 13.6. The Hall–Kier alpha value is -2.62. The minimum atomic E-state index is -3.79. The van der Waals surface area contributed by atoms with Crippen molar-refractivity contribution in [3.05, 3.63) is 53.6 Å². The van der Waals surface area contributed by atoms with Crippen LogP contribution in [0.3, 0.4) is 0 Å². The van der Waals surface area contributed by atoms with Gasteiger partial charge in [-0.3, -0.25) is 4.79 Å². The summed E-state index contributed by atoms with van der Waals surface area (Å²) in [5.41, 5.74) is 2.35. The summed E-state index contributed by atoms with van der Waals surface area (Å²) in [4.78, 5) is 17.3. The summed E-state index contributed by atoms with van der Waals surface area (Å²) in [5, 5.41) is 0. The monoisotopic (exact) mass is 475 g/mol. The van der Waals surface area contributed by atoms with Crippen LogP contribution in [-0.4, -0.2) is 78.1 Å². The van der Waals surface area contributed by atoms with E-state index in [0.29, 0.717) is 25.3 Å². The lowest BCUT2D eigenvalue weighted by Crippen LogP contribution is -2.37. The second-order valence-corrected chi connectivity index (χ2v) is 10.7. The minimum absolute atomic E-state index is 0.0294. The molecule has 1 aliphatic rings. The zero-order chi connectivity index (χ0) is 24.2. The van der Waals surface area contributed by atoms with Crippen LogP contribution in [0.25, 0.3) is 0 Å². The fraction of sp³-hybridized carbons (Fsp3) is 0.458. The highest BCUT2D eigenvalue weighted by Gasteiger charge is 2.27. The number of nitrogens with zero attached hydrogens (tertiary/aromatic N) is 3. The zero-order valence-electron chi connectivity index (χ0n) is 19.9. The van der Waals surface area contributed by atoms with Gasteiger partial charge in [-0.15, -0.1) is 0 Å². The number of amides is 1. The second-order valence-electron chi connectivity index (χ2n) is 8.53. The van der Waals surface area contributed by atoms with Crippen LogP contribution in [-0.2, 0) is 21.3 Å². The van der Waals surface area contributed by atoms with Gasteiger partial charge in [0.05, 0.1) is 13.2 Å². The highest BCUT2D eigenvalue weighted by molar-refractivity contribution is 7.89. The first-order chi connectivity index (χ1) is 15.6. The number of hydrogen-bond donors (Lipinski definition) is 0. The number of methoxy groups -OCH3 is 1. The van der Waals surface area contributed by atoms with E-state index in [1.807, 2.05) is 43.3 Å². The van der Waals surface area contributed by atoms with Gasteiger partial charge in [0.15, 0.2) is 0 Å². The molecule has 9 heteroatoms. The lowest BCUT2D eigenvalue weighted by atomic mass is 10.1. The molecule has 0 spiro atoms. The van der Waals surface area contributed by atoms with Gasteiger partial charge in [-0.2, -0.15) is 0 Å². The van der Waals surface area contributed by atoms with Crippen LogP contribution < -0.4 is 9.64 Å². The van der Waals surface area contributed by atoms with Gasteiger partial charge in [-0.25, -0.2) is 12.7 Å². The Labute approximate surface area is 196 Å². The van der Waals surface area contributed by atoms with Crippen molar-refractivity contribution in [3.8, 4) is 5.75 Å². The van der Waals surface area contributed by atoms with Gasteiger partial charge in [0.25, 0.3) is 5.91 Å². The van der Waals surface area contributed by atoms with Crippen molar-refractivity contribution in [1.29, 1.82) is 0 Å². The molecule has 0 bridgehead atoms. The Morgan fingerprint density at radius 3 is 2.33 bits per heavy atom. The van der Waals surface area contributed by atoms with Gasteiger partial charge in [0.1, 0.15) is 10.6 Å². The van der Waals surface area contributed by atoms with E-state index in [9.17, 15) is 13.2 Å². The molecule has 1 saturated heterocycles. The number of carbonyl (C=O) groups is 1. The molecular weight excluding hydrogens is 442 g/mol. The Morgan fingerprint density at radius 2 is 1.79 bits per heavy atom. The number of carbonyl (C=O) groups excluding carboxylic acids is 1. The highest BCUT2D eigenvalue weighted by atomic mass is 32.2. The predicted octanol–water partition coefficient (Wildman–Crippen LogP) is 2.83. The van der Waals surface area contributed by atoms with Crippen molar-refractivity contribution in [2.45, 2.75) is 30.4 Å². The maximum Gasteiger partial charge on any atom is 0.254 e. The predicted molar refractivity (Wildman–Crippen MR) is 128 cm³/mol. The molecule has 8 nitrogen and oxygen atoms in total. The van der Waals surface area contributed by atoms with Gasteiger partial charge in [-0.1, -0.05) is 12.1 Å². The van der Waals surface area contributed by atoms with E-state index >= 15 is 0 Å². The summed E-state index contributed by atoms with van der Waals surface area (Å²) in [6.45, 7) is 1.53. The summed E-state index contributed by atoms with van der Waals surface area (Å²) >= 11 is 0. The normalized spacial score (nSPS) is 16.1. The quantitative estimate of drug-likeness (QED) is 0.555. The molecule has 0 aromatic heterocycles. The average molecular weight is 476 g/mol. The molecular formula is C24H33N3O5S. The van der Waals surface area contributed by atoms with Gasteiger partial charge in [0.2, 0.25) is 10.0 Å². The zero-order valence-corrected chi connectivity index (χ0v) is 20.8. The van der Waals surface area contributed by atoms with E-state index in [4.69, 9.17) is 9.47 Å². The smallest absolute Gasteiger partial charge is 0.254 e. The summed E-state index contributed by atoms with van der Waals surface area (Å²) in [7, 11) is 4.47. The molecule has 0 unspecified atom stereocenters. The topological polar surface area (TPSA) is 79.4 Å². The molecule has 1 atom stereocenters. The molecule has 0 saturated carbocycles. The molecule has 0 radical (unpaired) electrons. The molecule has 0 aliphatic carbocycles. The lowest BCUT2D eigenvalue weighted by Gasteiger charge is -2.26. The minimum Gasteiger partial charge on any atom is -0.495 e. The number of benzene rings is 2. The number of ether oxygens (including phenoxy) is 2. The standard InChI is InChI=1S/C24H33N3O5S/c1-25(2)20-11-8-18(9-12-20)16-27(17-21-7-6-14-32-21)24(28)19-10-13-22(31-5)23(15-19)33(29,30)26(3)4/h8-13,15,21H,6-7,14,16-17H2,1-5H3/t21-/m0/s1. The molecule has 1 heterocycles. The number of hydrogen-bond acceptors (Lipinski definition) is 6. The van der Waals surface area contributed by atoms with Crippen molar-refractivity contribution in [2.75, 3.05) is 53.4 Å². The van der Waals surface area contributed by atoms with E-state index in [2.05, 4.69) is 0 Å².